The number of H-pyrrole nitrogens is 1. The van der Waals surface area contributed by atoms with E-state index in [9.17, 15) is 14.4 Å². The Kier molecular flexibility index (Phi) is 5.09. The molecule has 0 fully saturated rings. The molecule has 0 saturated carbocycles. The summed E-state index contributed by atoms with van der Waals surface area (Å²) < 4.78 is 5.01. The molecule has 126 valence electrons. The van der Waals surface area contributed by atoms with E-state index in [0.29, 0.717) is 21.8 Å². The van der Waals surface area contributed by atoms with Crippen LogP contribution in [0.25, 0.3) is 0 Å². The molecule has 2 aromatic rings. The summed E-state index contributed by atoms with van der Waals surface area (Å²) in [6.07, 6.45) is 0. The summed E-state index contributed by atoms with van der Waals surface area (Å²) in [5.41, 5.74) is 7.99. The lowest BCUT2D eigenvalue weighted by molar-refractivity contribution is 0.0473. The molecule has 0 bridgehead atoms. The Labute approximate surface area is 143 Å². The van der Waals surface area contributed by atoms with Gasteiger partial charge in [0.15, 0.2) is 12.4 Å². The highest BCUT2D eigenvalue weighted by Crippen LogP contribution is 2.21. The molecule has 1 aromatic carbocycles. The van der Waals surface area contributed by atoms with E-state index in [1.165, 1.54) is 25.1 Å². The number of ether oxygens (including phenoxy) is 1. The van der Waals surface area contributed by atoms with Crippen molar-refractivity contribution >= 4 is 34.8 Å². The minimum atomic E-state index is -0.681. The van der Waals surface area contributed by atoms with Crippen molar-refractivity contribution in [2.45, 2.75) is 20.8 Å². The fourth-order valence-electron chi connectivity index (χ4n) is 2.51. The van der Waals surface area contributed by atoms with Crippen LogP contribution in [-0.4, -0.2) is 29.1 Å². The molecule has 24 heavy (non-hydrogen) atoms. The molecule has 2 rings (SSSR count). The number of anilines is 1. The first-order valence-electron chi connectivity index (χ1n) is 7.17. The summed E-state index contributed by atoms with van der Waals surface area (Å²) in [4.78, 5) is 38.7. The monoisotopic (exact) mass is 348 g/mol. The Morgan fingerprint density at radius 2 is 1.92 bits per heavy atom. The van der Waals surface area contributed by atoms with E-state index >= 15 is 0 Å². The first-order valence-corrected chi connectivity index (χ1v) is 7.55. The van der Waals surface area contributed by atoms with E-state index in [1.807, 2.05) is 0 Å². The van der Waals surface area contributed by atoms with Gasteiger partial charge in [0.05, 0.1) is 22.0 Å². The molecule has 1 heterocycles. The SMILES string of the molecule is CC(=O)c1c(C)[nH]c(C(=O)COC(=O)c2ccc(Cl)c(N)c2)c1C. The molecule has 6 nitrogen and oxygen atoms in total. The number of aromatic nitrogens is 1. The Morgan fingerprint density at radius 1 is 1.25 bits per heavy atom. The van der Waals surface area contributed by atoms with Crippen molar-refractivity contribution in [1.29, 1.82) is 0 Å². The summed E-state index contributed by atoms with van der Waals surface area (Å²) >= 11 is 5.79. The number of aromatic amines is 1. The van der Waals surface area contributed by atoms with Gasteiger partial charge in [-0.1, -0.05) is 11.6 Å². The molecule has 0 aliphatic rings. The van der Waals surface area contributed by atoms with Crippen LogP contribution in [0.1, 0.15) is 49.4 Å². The van der Waals surface area contributed by atoms with E-state index in [2.05, 4.69) is 4.98 Å². The van der Waals surface area contributed by atoms with Crippen molar-refractivity contribution in [2.75, 3.05) is 12.3 Å². The number of ketones is 2. The zero-order valence-corrected chi connectivity index (χ0v) is 14.3. The summed E-state index contributed by atoms with van der Waals surface area (Å²) in [5.74, 6) is -1.23. The van der Waals surface area contributed by atoms with Crippen LogP contribution >= 0.6 is 11.6 Å². The van der Waals surface area contributed by atoms with Gasteiger partial charge in [-0.2, -0.15) is 0 Å². The molecule has 0 aliphatic heterocycles. The number of hydrogen-bond acceptors (Lipinski definition) is 5. The number of rotatable bonds is 5. The van der Waals surface area contributed by atoms with Gasteiger partial charge in [0.1, 0.15) is 0 Å². The quantitative estimate of drug-likeness (QED) is 0.491. The first kappa shape index (κ1) is 17.7. The Bertz CT molecular complexity index is 839. The molecular formula is C17H17ClN2O4. The highest BCUT2D eigenvalue weighted by atomic mass is 35.5. The van der Waals surface area contributed by atoms with Gasteiger partial charge in [-0.15, -0.1) is 0 Å². The van der Waals surface area contributed by atoms with Gasteiger partial charge in [-0.25, -0.2) is 4.79 Å². The van der Waals surface area contributed by atoms with Crippen LogP contribution in [0.3, 0.4) is 0 Å². The van der Waals surface area contributed by atoms with Crippen LogP contribution < -0.4 is 5.73 Å². The number of halogens is 1. The zero-order chi connectivity index (χ0) is 18.0. The standard InChI is InChI=1S/C17H17ClN2O4/c1-8-15(10(3)21)9(2)20-16(8)14(22)7-24-17(23)11-4-5-12(18)13(19)6-11/h4-6,20H,7,19H2,1-3H3. The summed E-state index contributed by atoms with van der Waals surface area (Å²) in [7, 11) is 0. The molecule has 0 spiro atoms. The molecule has 0 aliphatic carbocycles. The number of benzene rings is 1. The second-order valence-electron chi connectivity index (χ2n) is 5.42. The van der Waals surface area contributed by atoms with Crippen molar-refractivity contribution in [3.8, 4) is 0 Å². The van der Waals surface area contributed by atoms with E-state index in [4.69, 9.17) is 22.1 Å². The average molecular weight is 349 g/mol. The van der Waals surface area contributed by atoms with Gasteiger partial charge in [-0.3, -0.25) is 9.59 Å². The topological polar surface area (TPSA) is 102 Å². The van der Waals surface area contributed by atoms with Crippen molar-refractivity contribution in [2.24, 2.45) is 0 Å². The Morgan fingerprint density at radius 3 is 2.46 bits per heavy atom. The summed E-state index contributed by atoms with van der Waals surface area (Å²) in [5, 5.41) is 0.330. The molecule has 0 unspecified atom stereocenters. The molecule has 0 atom stereocenters. The van der Waals surface area contributed by atoms with Crippen LogP contribution in [0, 0.1) is 13.8 Å². The first-order chi connectivity index (χ1) is 11.2. The third-order valence-corrected chi connectivity index (χ3v) is 3.98. The van der Waals surface area contributed by atoms with Gasteiger partial charge >= 0.3 is 5.97 Å². The lowest BCUT2D eigenvalue weighted by Gasteiger charge is -2.06. The van der Waals surface area contributed by atoms with Crippen molar-refractivity contribution in [1.82, 2.24) is 4.98 Å². The van der Waals surface area contributed by atoms with Gasteiger partial charge in [0, 0.05) is 11.3 Å². The van der Waals surface area contributed by atoms with E-state index in [1.54, 1.807) is 13.8 Å². The molecule has 1 aromatic heterocycles. The minimum Gasteiger partial charge on any atom is -0.454 e. The zero-order valence-electron chi connectivity index (χ0n) is 13.5. The number of aryl methyl sites for hydroxylation is 1. The van der Waals surface area contributed by atoms with E-state index < -0.39 is 18.4 Å². The highest BCUT2D eigenvalue weighted by Gasteiger charge is 2.21. The number of nitrogens with one attached hydrogen (secondary N) is 1. The average Bonchev–Trinajstić information content (AvgIpc) is 2.82. The lowest BCUT2D eigenvalue weighted by atomic mass is 10.1. The number of Topliss-reactive ketones (excluding diaryl/α,β-unsaturated/α-hetero) is 2. The van der Waals surface area contributed by atoms with Crippen LogP contribution in [0.15, 0.2) is 18.2 Å². The van der Waals surface area contributed by atoms with Gasteiger partial charge in [-0.05, 0) is 44.5 Å². The predicted molar refractivity (Wildman–Crippen MR) is 90.7 cm³/mol. The number of esters is 1. The number of nitrogens with two attached hydrogens (primary N) is 1. The number of nitrogen functional groups attached to an aromatic ring is 1. The maximum absolute atomic E-state index is 12.2. The number of carbonyl (C=O) groups is 3. The van der Waals surface area contributed by atoms with Gasteiger partial charge in [0.2, 0.25) is 5.78 Å². The lowest BCUT2D eigenvalue weighted by Crippen LogP contribution is -2.15. The van der Waals surface area contributed by atoms with Gasteiger partial charge in [0.25, 0.3) is 0 Å². The maximum atomic E-state index is 12.2. The van der Waals surface area contributed by atoms with Crippen molar-refractivity contribution in [3.05, 3.63) is 51.3 Å². The third-order valence-electron chi connectivity index (χ3n) is 3.63. The number of hydrogen-bond donors (Lipinski definition) is 2. The summed E-state index contributed by atoms with van der Waals surface area (Å²) in [6, 6.07) is 4.32. The van der Waals surface area contributed by atoms with Crippen LogP contribution in [0.4, 0.5) is 5.69 Å². The minimum absolute atomic E-state index is 0.131. The smallest absolute Gasteiger partial charge is 0.338 e. The molecule has 0 saturated heterocycles. The third kappa shape index (κ3) is 3.49. The molecule has 0 amide bonds. The number of carbonyl (C=O) groups excluding carboxylic acids is 3. The fourth-order valence-corrected chi connectivity index (χ4v) is 2.63. The van der Waals surface area contributed by atoms with Crippen LogP contribution in [0.2, 0.25) is 5.02 Å². The van der Waals surface area contributed by atoms with Crippen LogP contribution in [-0.2, 0) is 4.74 Å². The van der Waals surface area contributed by atoms with E-state index in [0.717, 1.165) is 0 Å². The summed E-state index contributed by atoms with van der Waals surface area (Å²) in [6.45, 7) is 4.38. The maximum Gasteiger partial charge on any atom is 0.338 e. The van der Waals surface area contributed by atoms with Gasteiger partial charge < -0.3 is 15.5 Å². The van der Waals surface area contributed by atoms with Crippen molar-refractivity contribution in [3.63, 3.8) is 0 Å². The Hall–Kier alpha value is -2.60. The predicted octanol–water partition coefficient (Wildman–Crippen LogP) is 3.11. The molecule has 7 heteroatoms. The highest BCUT2D eigenvalue weighted by molar-refractivity contribution is 6.33. The van der Waals surface area contributed by atoms with E-state index in [-0.39, 0.29) is 22.7 Å². The second-order valence-corrected chi connectivity index (χ2v) is 5.82. The molecule has 0 radical (unpaired) electrons. The van der Waals surface area contributed by atoms with Crippen molar-refractivity contribution < 1.29 is 19.1 Å². The van der Waals surface area contributed by atoms with Crippen LogP contribution in [0.5, 0.6) is 0 Å². The Balaban J connectivity index is 2.11. The largest absolute Gasteiger partial charge is 0.454 e. The normalized spacial score (nSPS) is 10.5. The molecular weight excluding hydrogens is 332 g/mol. The molecule has 3 N–H and O–H groups in total. The fraction of sp³-hybridized carbons (Fsp3) is 0.235. The second kappa shape index (κ2) is 6.88.